The average Bonchev–Trinajstić information content (AvgIpc) is 3.21. The number of aromatic nitrogens is 1. The highest BCUT2D eigenvalue weighted by Crippen LogP contribution is 2.39. The van der Waals surface area contributed by atoms with Crippen molar-refractivity contribution < 1.29 is 24.2 Å². The monoisotopic (exact) mass is 536 g/mol. The molecule has 1 aliphatic heterocycles. The van der Waals surface area contributed by atoms with E-state index < -0.39 is 5.97 Å². The fourth-order valence-corrected chi connectivity index (χ4v) is 5.41. The third kappa shape index (κ3) is 5.15. The molecular weight excluding hydrogens is 504 g/mol. The maximum absolute atomic E-state index is 13.1. The number of amides is 1. The summed E-state index contributed by atoms with van der Waals surface area (Å²) in [7, 11) is 1.64. The number of aromatic carboxylic acids is 1. The van der Waals surface area contributed by atoms with Crippen molar-refractivity contribution in [1.82, 2.24) is 9.88 Å². The number of pyridine rings is 1. The smallest absolute Gasteiger partial charge is 0.411 e. The van der Waals surface area contributed by atoms with Crippen LogP contribution in [0.4, 0.5) is 4.79 Å². The van der Waals surface area contributed by atoms with Gasteiger partial charge in [0.15, 0.2) is 0 Å². The second kappa shape index (κ2) is 10.8. The first-order chi connectivity index (χ1) is 19.2. The lowest BCUT2D eigenvalue weighted by Gasteiger charge is -2.23. The molecule has 1 amide bonds. The summed E-state index contributed by atoms with van der Waals surface area (Å²) in [6, 6.07) is 21.0. The Morgan fingerprint density at radius 1 is 0.975 bits per heavy atom. The lowest BCUT2D eigenvalue weighted by Crippen LogP contribution is -2.31. The van der Waals surface area contributed by atoms with Gasteiger partial charge in [0.2, 0.25) is 0 Å². The van der Waals surface area contributed by atoms with Crippen LogP contribution in [0, 0.1) is 20.8 Å². The second-order valence-corrected chi connectivity index (χ2v) is 10.3. The Balaban J connectivity index is 1.53. The summed E-state index contributed by atoms with van der Waals surface area (Å²) in [5.74, 6) is -0.249. The van der Waals surface area contributed by atoms with Gasteiger partial charge in [0.1, 0.15) is 11.9 Å². The number of benzene rings is 3. The summed E-state index contributed by atoms with van der Waals surface area (Å²) in [5.41, 5.74) is 8.70. The molecule has 0 spiro atoms. The number of rotatable bonds is 7. The predicted molar refractivity (Wildman–Crippen MR) is 154 cm³/mol. The van der Waals surface area contributed by atoms with Crippen LogP contribution in [-0.4, -0.2) is 40.2 Å². The Hall–Kier alpha value is -4.65. The molecule has 1 saturated heterocycles. The molecule has 4 aromatic rings. The van der Waals surface area contributed by atoms with Gasteiger partial charge in [-0.2, -0.15) is 0 Å². The normalized spacial score (nSPS) is 16.6. The van der Waals surface area contributed by atoms with Gasteiger partial charge in [-0.25, -0.2) is 9.59 Å². The lowest BCUT2D eigenvalue weighted by molar-refractivity contribution is 0.0696. The molecule has 0 aliphatic carbocycles. The van der Waals surface area contributed by atoms with Crippen LogP contribution in [0.15, 0.2) is 72.9 Å². The van der Waals surface area contributed by atoms with Crippen molar-refractivity contribution >= 4 is 12.1 Å². The largest absolute Gasteiger partial charge is 0.496 e. The van der Waals surface area contributed by atoms with E-state index in [2.05, 4.69) is 23.2 Å². The molecule has 40 heavy (non-hydrogen) atoms. The first-order valence-corrected chi connectivity index (χ1v) is 13.2. The Bertz CT molecular complexity index is 1610. The fraction of sp³-hybridized carbons (Fsp3) is 0.242. The van der Waals surface area contributed by atoms with Crippen molar-refractivity contribution in [1.29, 1.82) is 0 Å². The first kappa shape index (κ1) is 26.9. The molecule has 1 aliphatic rings. The molecule has 0 bridgehead atoms. The minimum atomic E-state index is -0.953. The summed E-state index contributed by atoms with van der Waals surface area (Å²) in [5, 5.41) is 9.38. The molecule has 0 unspecified atom stereocenters. The number of carbonyl (C=O) groups is 2. The van der Waals surface area contributed by atoms with Gasteiger partial charge in [-0.3, -0.25) is 9.88 Å². The number of nitrogens with zero attached hydrogens (tertiary/aromatic N) is 2. The number of carboxylic acids is 1. The van der Waals surface area contributed by atoms with Crippen LogP contribution < -0.4 is 4.74 Å². The number of methoxy groups -OCH3 is 1. The minimum absolute atomic E-state index is 0.175. The molecular formula is C33H32N2O5. The maximum atomic E-state index is 13.1. The molecule has 0 radical (unpaired) electrons. The zero-order valence-electron chi connectivity index (χ0n) is 23.3. The van der Waals surface area contributed by atoms with E-state index in [0.717, 1.165) is 50.2 Å². The highest BCUT2D eigenvalue weighted by atomic mass is 16.6. The fourth-order valence-electron chi connectivity index (χ4n) is 5.41. The number of carbonyl (C=O) groups excluding carboxylic acids is 1. The molecule has 1 aromatic heterocycles. The number of ether oxygens (including phenoxy) is 2. The van der Waals surface area contributed by atoms with E-state index in [1.807, 2.05) is 64.1 Å². The van der Waals surface area contributed by atoms with Crippen LogP contribution >= 0.6 is 0 Å². The SMILES string of the molecule is COc1ccc(-c2ccc(C(=O)O)cc2C)cc1-c1ccc(C)cc1CN1C(=O)O[C@H](c2ccnc(C)c2)[C@@H]1C. The van der Waals surface area contributed by atoms with E-state index in [1.54, 1.807) is 30.3 Å². The number of carboxylic acid groups (broad SMARTS) is 1. The van der Waals surface area contributed by atoms with Crippen LogP contribution in [0.1, 0.15) is 51.3 Å². The number of hydrogen-bond donors (Lipinski definition) is 1. The van der Waals surface area contributed by atoms with Gasteiger partial charge in [0.25, 0.3) is 0 Å². The van der Waals surface area contributed by atoms with Crippen LogP contribution in [0.25, 0.3) is 22.3 Å². The van der Waals surface area contributed by atoms with E-state index in [9.17, 15) is 14.7 Å². The van der Waals surface area contributed by atoms with Gasteiger partial charge < -0.3 is 14.6 Å². The molecule has 204 valence electrons. The van der Waals surface area contributed by atoms with Crippen LogP contribution in [0.5, 0.6) is 5.75 Å². The van der Waals surface area contributed by atoms with Crippen molar-refractivity contribution in [3.05, 3.63) is 106 Å². The molecule has 1 fully saturated rings. The van der Waals surface area contributed by atoms with E-state index >= 15 is 0 Å². The average molecular weight is 537 g/mol. The second-order valence-electron chi connectivity index (χ2n) is 10.3. The summed E-state index contributed by atoms with van der Waals surface area (Å²) in [6.45, 7) is 8.24. The quantitative estimate of drug-likeness (QED) is 0.270. The molecule has 1 N–H and O–H groups in total. The number of hydrogen-bond acceptors (Lipinski definition) is 5. The summed E-state index contributed by atoms with van der Waals surface area (Å²) in [4.78, 5) is 30.6. The third-order valence-corrected chi connectivity index (χ3v) is 7.52. The van der Waals surface area contributed by atoms with Crippen molar-refractivity contribution in [2.75, 3.05) is 7.11 Å². The first-order valence-electron chi connectivity index (χ1n) is 13.2. The van der Waals surface area contributed by atoms with E-state index in [-0.39, 0.29) is 23.8 Å². The Kier molecular flexibility index (Phi) is 7.30. The molecule has 0 saturated carbocycles. The van der Waals surface area contributed by atoms with Gasteiger partial charge in [-0.15, -0.1) is 0 Å². The molecule has 7 heteroatoms. The summed E-state index contributed by atoms with van der Waals surface area (Å²) < 4.78 is 11.6. The van der Waals surface area contributed by atoms with Crippen LogP contribution in [0.2, 0.25) is 0 Å². The van der Waals surface area contributed by atoms with Gasteiger partial charge in [-0.1, -0.05) is 35.9 Å². The van der Waals surface area contributed by atoms with Crippen molar-refractivity contribution in [2.45, 2.75) is 46.4 Å². The Morgan fingerprint density at radius 2 is 1.75 bits per heavy atom. The minimum Gasteiger partial charge on any atom is -0.496 e. The molecule has 3 aromatic carbocycles. The van der Waals surface area contributed by atoms with Crippen LogP contribution in [-0.2, 0) is 11.3 Å². The Labute approximate surface area is 234 Å². The van der Waals surface area contributed by atoms with Crippen LogP contribution in [0.3, 0.4) is 0 Å². The maximum Gasteiger partial charge on any atom is 0.411 e. The zero-order chi connectivity index (χ0) is 28.6. The summed E-state index contributed by atoms with van der Waals surface area (Å²) >= 11 is 0. The lowest BCUT2D eigenvalue weighted by atomic mass is 9.92. The molecule has 2 heterocycles. The van der Waals surface area contributed by atoms with E-state index in [1.165, 1.54) is 0 Å². The van der Waals surface area contributed by atoms with Gasteiger partial charge >= 0.3 is 12.1 Å². The predicted octanol–water partition coefficient (Wildman–Crippen LogP) is 7.13. The van der Waals surface area contributed by atoms with Gasteiger partial charge in [0, 0.05) is 17.5 Å². The highest BCUT2D eigenvalue weighted by molar-refractivity contribution is 5.89. The van der Waals surface area contributed by atoms with Gasteiger partial charge in [0.05, 0.1) is 25.3 Å². The van der Waals surface area contributed by atoms with Crippen molar-refractivity contribution in [3.8, 4) is 28.0 Å². The number of aryl methyl sites for hydroxylation is 3. The Morgan fingerprint density at radius 3 is 2.45 bits per heavy atom. The van der Waals surface area contributed by atoms with Crippen molar-refractivity contribution in [2.24, 2.45) is 0 Å². The standard InChI is InChI=1S/C33H32N2O5/c1-19-6-9-28(26(14-19)18-35-22(4)31(40-33(35)38)24-12-13-34-21(3)16-24)29-17-23(8-11-30(29)39-5)27-10-7-25(32(36)37)15-20(27)2/h6-17,22,31H,18H2,1-5H3,(H,36,37)/t22-,31-/m0/s1. The van der Waals surface area contributed by atoms with Crippen molar-refractivity contribution in [3.63, 3.8) is 0 Å². The zero-order valence-corrected chi connectivity index (χ0v) is 23.3. The molecule has 2 atom stereocenters. The molecule has 7 nitrogen and oxygen atoms in total. The van der Waals surface area contributed by atoms with Gasteiger partial charge in [-0.05, 0) is 97.5 Å². The topological polar surface area (TPSA) is 89.0 Å². The van der Waals surface area contributed by atoms with E-state index in [4.69, 9.17) is 9.47 Å². The highest BCUT2D eigenvalue weighted by Gasteiger charge is 2.40. The number of cyclic esters (lactones) is 1. The third-order valence-electron chi connectivity index (χ3n) is 7.52. The molecule has 5 rings (SSSR count). The van der Waals surface area contributed by atoms with E-state index in [0.29, 0.717) is 12.3 Å². The summed E-state index contributed by atoms with van der Waals surface area (Å²) in [6.07, 6.45) is 1.01.